The Labute approximate surface area is 115 Å². The van der Waals surface area contributed by atoms with E-state index in [4.69, 9.17) is 11.6 Å². The number of nitrogens with one attached hydrogen (secondary N) is 1. The molecule has 0 spiro atoms. The second-order valence-electron chi connectivity index (χ2n) is 3.51. The number of hydrogen-bond donors (Lipinski definition) is 1. The van der Waals surface area contributed by atoms with Crippen molar-refractivity contribution in [3.63, 3.8) is 0 Å². The molecule has 0 radical (unpaired) electrons. The third-order valence-electron chi connectivity index (χ3n) is 2.27. The van der Waals surface area contributed by atoms with Crippen LogP contribution in [0.1, 0.15) is 5.56 Å². The van der Waals surface area contributed by atoms with Crippen molar-refractivity contribution in [2.75, 3.05) is 5.32 Å². The Bertz CT molecular complexity index is 584. The molecule has 1 aromatic heterocycles. The molecule has 2 aromatic rings. The van der Waals surface area contributed by atoms with Crippen molar-refractivity contribution >= 4 is 39.0 Å². The minimum Gasteiger partial charge on any atom is -0.335 e. The van der Waals surface area contributed by atoms with Crippen LogP contribution in [0, 0.1) is 18.6 Å². The molecule has 0 bridgehead atoms. The number of nitrogens with zero attached hydrogens (tertiary/aromatic N) is 2. The van der Waals surface area contributed by atoms with Crippen molar-refractivity contribution in [1.29, 1.82) is 0 Å². The van der Waals surface area contributed by atoms with Crippen LogP contribution in [0.2, 0.25) is 5.15 Å². The van der Waals surface area contributed by atoms with Gasteiger partial charge in [0, 0.05) is 10.0 Å². The minimum atomic E-state index is -0.726. The molecule has 0 atom stereocenters. The second kappa shape index (κ2) is 5.16. The van der Waals surface area contributed by atoms with E-state index < -0.39 is 11.6 Å². The molecular weight excluding hydrogens is 327 g/mol. The molecular formula is C11H7BrClF2N3. The van der Waals surface area contributed by atoms with Gasteiger partial charge in [0.2, 0.25) is 0 Å². The summed E-state index contributed by atoms with van der Waals surface area (Å²) in [5.41, 5.74) is 0.233. The van der Waals surface area contributed by atoms with E-state index in [1.165, 1.54) is 6.33 Å². The molecule has 0 fully saturated rings. The van der Waals surface area contributed by atoms with E-state index in [0.29, 0.717) is 10.0 Å². The van der Waals surface area contributed by atoms with E-state index >= 15 is 0 Å². The molecule has 1 N–H and O–H groups in total. The van der Waals surface area contributed by atoms with E-state index in [2.05, 4.69) is 31.2 Å². The van der Waals surface area contributed by atoms with Gasteiger partial charge in [0.15, 0.2) is 11.6 Å². The molecule has 0 aliphatic rings. The van der Waals surface area contributed by atoms with E-state index in [9.17, 15) is 8.78 Å². The lowest BCUT2D eigenvalue weighted by atomic mass is 10.2. The first-order chi connectivity index (χ1) is 8.49. The summed E-state index contributed by atoms with van der Waals surface area (Å²) in [5, 5.41) is 2.80. The number of hydrogen-bond acceptors (Lipinski definition) is 3. The molecule has 0 aliphatic carbocycles. The Balaban J connectivity index is 2.43. The summed E-state index contributed by atoms with van der Waals surface area (Å²) in [5.74, 6) is -1.19. The first-order valence-electron chi connectivity index (χ1n) is 4.87. The third kappa shape index (κ3) is 2.59. The van der Waals surface area contributed by atoms with Crippen molar-refractivity contribution in [2.24, 2.45) is 0 Å². The van der Waals surface area contributed by atoms with Gasteiger partial charge in [-0.2, -0.15) is 0 Å². The standard InChI is InChI=1S/C11H7BrClF2N3/c1-5-10(13)16-4-17-11(5)18-9-7(14)2-6(12)3-8(9)15/h2-4H,1H3,(H,16,17,18). The largest absolute Gasteiger partial charge is 0.335 e. The molecule has 0 saturated carbocycles. The summed E-state index contributed by atoms with van der Waals surface area (Å²) < 4.78 is 27.6. The fourth-order valence-corrected chi connectivity index (χ4v) is 1.87. The smallest absolute Gasteiger partial charge is 0.150 e. The van der Waals surface area contributed by atoms with Crippen LogP contribution in [0.15, 0.2) is 22.9 Å². The fraction of sp³-hybridized carbons (Fsp3) is 0.0909. The molecule has 1 aromatic carbocycles. The van der Waals surface area contributed by atoms with Crippen LogP contribution in [-0.4, -0.2) is 9.97 Å². The van der Waals surface area contributed by atoms with E-state index in [0.717, 1.165) is 12.1 Å². The Morgan fingerprint density at radius 1 is 1.22 bits per heavy atom. The van der Waals surface area contributed by atoms with Crippen LogP contribution in [0.3, 0.4) is 0 Å². The topological polar surface area (TPSA) is 37.8 Å². The van der Waals surface area contributed by atoms with Crippen molar-refractivity contribution < 1.29 is 8.78 Å². The Morgan fingerprint density at radius 3 is 2.44 bits per heavy atom. The summed E-state index contributed by atoms with van der Waals surface area (Å²) in [4.78, 5) is 7.65. The predicted octanol–water partition coefficient (Wildman–Crippen LogP) is 4.22. The maximum absolute atomic E-state index is 13.6. The quantitative estimate of drug-likeness (QED) is 0.836. The Kier molecular flexibility index (Phi) is 3.77. The van der Waals surface area contributed by atoms with Gasteiger partial charge in [0.25, 0.3) is 0 Å². The summed E-state index contributed by atoms with van der Waals surface area (Å²) in [6.45, 7) is 1.65. The number of halogens is 4. The van der Waals surface area contributed by atoms with Crippen molar-refractivity contribution in [2.45, 2.75) is 6.92 Å². The summed E-state index contributed by atoms with van der Waals surface area (Å²) in [6, 6.07) is 2.31. The van der Waals surface area contributed by atoms with Gasteiger partial charge in [-0.3, -0.25) is 0 Å². The average molecular weight is 335 g/mol. The first kappa shape index (κ1) is 13.2. The van der Waals surface area contributed by atoms with Gasteiger partial charge in [-0.15, -0.1) is 0 Å². The molecule has 0 unspecified atom stereocenters. The van der Waals surface area contributed by atoms with E-state index in [1.54, 1.807) is 6.92 Å². The van der Waals surface area contributed by atoms with Crippen LogP contribution in [0.25, 0.3) is 0 Å². The maximum Gasteiger partial charge on any atom is 0.150 e. The van der Waals surface area contributed by atoms with Gasteiger partial charge in [-0.05, 0) is 19.1 Å². The molecule has 18 heavy (non-hydrogen) atoms. The highest BCUT2D eigenvalue weighted by molar-refractivity contribution is 9.10. The predicted molar refractivity (Wildman–Crippen MR) is 69.1 cm³/mol. The van der Waals surface area contributed by atoms with Gasteiger partial charge in [-0.25, -0.2) is 18.7 Å². The number of anilines is 2. The lowest BCUT2D eigenvalue weighted by molar-refractivity contribution is 0.589. The molecule has 1 heterocycles. The zero-order valence-corrected chi connectivity index (χ0v) is 11.5. The van der Waals surface area contributed by atoms with E-state index in [-0.39, 0.29) is 16.7 Å². The Morgan fingerprint density at radius 2 is 1.83 bits per heavy atom. The molecule has 2 rings (SSSR count). The summed E-state index contributed by atoms with van der Waals surface area (Å²) in [7, 11) is 0. The molecule has 0 aliphatic heterocycles. The Hall–Kier alpha value is -1.27. The fourth-order valence-electron chi connectivity index (χ4n) is 1.33. The van der Waals surface area contributed by atoms with Gasteiger partial charge in [0.1, 0.15) is 23.0 Å². The van der Waals surface area contributed by atoms with Gasteiger partial charge < -0.3 is 5.32 Å². The van der Waals surface area contributed by atoms with Crippen LogP contribution in [0.5, 0.6) is 0 Å². The molecule has 7 heteroatoms. The summed E-state index contributed by atoms with van der Waals surface area (Å²) >= 11 is 8.80. The average Bonchev–Trinajstić information content (AvgIpc) is 2.28. The minimum absolute atomic E-state index is 0.227. The molecule has 0 amide bonds. The van der Waals surface area contributed by atoms with Crippen molar-refractivity contribution in [3.8, 4) is 0 Å². The lowest BCUT2D eigenvalue weighted by Gasteiger charge is -2.10. The number of rotatable bonds is 2. The van der Waals surface area contributed by atoms with Crippen LogP contribution in [-0.2, 0) is 0 Å². The van der Waals surface area contributed by atoms with Crippen LogP contribution < -0.4 is 5.32 Å². The number of benzene rings is 1. The zero-order valence-electron chi connectivity index (χ0n) is 9.14. The van der Waals surface area contributed by atoms with Gasteiger partial charge in [-0.1, -0.05) is 27.5 Å². The normalized spacial score (nSPS) is 10.5. The highest BCUT2D eigenvalue weighted by Gasteiger charge is 2.13. The highest BCUT2D eigenvalue weighted by Crippen LogP contribution is 2.28. The van der Waals surface area contributed by atoms with Crippen LogP contribution >= 0.6 is 27.5 Å². The van der Waals surface area contributed by atoms with Gasteiger partial charge in [0.05, 0.1) is 0 Å². The van der Waals surface area contributed by atoms with Crippen LogP contribution in [0.4, 0.5) is 20.3 Å². The van der Waals surface area contributed by atoms with Crippen molar-refractivity contribution in [1.82, 2.24) is 9.97 Å². The monoisotopic (exact) mass is 333 g/mol. The molecule has 94 valence electrons. The zero-order chi connectivity index (χ0) is 13.3. The SMILES string of the molecule is Cc1c(Cl)ncnc1Nc1c(F)cc(Br)cc1F. The number of aromatic nitrogens is 2. The molecule has 0 saturated heterocycles. The first-order valence-corrected chi connectivity index (χ1v) is 6.05. The van der Waals surface area contributed by atoms with Gasteiger partial charge >= 0.3 is 0 Å². The van der Waals surface area contributed by atoms with E-state index in [1.807, 2.05) is 0 Å². The lowest BCUT2D eigenvalue weighted by Crippen LogP contribution is -2.02. The highest BCUT2D eigenvalue weighted by atomic mass is 79.9. The third-order valence-corrected chi connectivity index (χ3v) is 3.11. The molecule has 3 nitrogen and oxygen atoms in total. The summed E-state index contributed by atoms with van der Waals surface area (Å²) in [6.07, 6.45) is 1.21. The maximum atomic E-state index is 13.6. The van der Waals surface area contributed by atoms with Crippen molar-refractivity contribution in [3.05, 3.63) is 45.3 Å². The second-order valence-corrected chi connectivity index (χ2v) is 4.78.